The topological polar surface area (TPSA) is 74.6 Å². The smallest absolute Gasteiger partial charge is 0.235 e. The molecule has 0 saturated carbocycles. The number of aromatic nitrogens is 2. The summed E-state index contributed by atoms with van der Waals surface area (Å²) in [6, 6.07) is 13.4. The molecule has 0 saturated heterocycles. The van der Waals surface area contributed by atoms with Crippen molar-refractivity contribution in [3.63, 3.8) is 0 Å². The molecule has 1 aliphatic heterocycles. The highest BCUT2D eigenvalue weighted by molar-refractivity contribution is 8.00. The number of methoxy groups -OCH3 is 3. The zero-order valence-corrected chi connectivity index (χ0v) is 18.1. The maximum atomic E-state index is 12.5. The van der Waals surface area contributed by atoms with Gasteiger partial charge in [0, 0.05) is 5.56 Å². The zero-order valence-electron chi connectivity index (χ0n) is 17.3. The molecule has 0 spiro atoms. The Bertz CT molecular complexity index is 1080. The van der Waals surface area contributed by atoms with Crippen molar-refractivity contribution in [2.75, 3.05) is 32.4 Å². The van der Waals surface area contributed by atoms with Crippen LogP contribution in [0.25, 0.3) is 5.69 Å². The number of ether oxygens (including phenoxy) is 3. The molecule has 1 atom stereocenters. The van der Waals surface area contributed by atoms with E-state index in [0.717, 1.165) is 28.3 Å². The monoisotopic (exact) mass is 425 g/mol. The van der Waals surface area contributed by atoms with Crippen molar-refractivity contribution in [2.24, 2.45) is 0 Å². The van der Waals surface area contributed by atoms with E-state index in [1.54, 1.807) is 37.8 Å². The lowest BCUT2D eigenvalue weighted by Crippen LogP contribution is -2.15. The molecular formula is C22H23N3O4S. The van der Waals surface area contributed by atoms with E-state index in [9.17, 15) is 4.79 Å². The average molecular weight is 426 g/mol. The standard InChI is InChI=1S/C22H23N3O4S/c1-13-20-21(14-5-10-17(28-3)18(11-14)29-4)30-12-19(26)23-22(20)25(24-13)15-6-8-16(27-2)9-7-15/h5-11,21H,12H2,1-4H3,(H,23,26)/t21-/m1/s1. The summed E-state index contributed by atoms with van der Waals surface area (Å²) in [5.74, 6) is 3.05. The molecule has 0 bridgehead atoms. The molecule has 4 rings (SSSR count). The van der Waals surface area contributed by atoms with Crippen LogP contribution in [0.2, 0.25) is 0 Å². The molecule has 1 N–H and O–H groups in total. The van der Waals surface area contributed by atoms with Gasteiger partial charge in [-0.25, -0.2) is 4.68 Å². The number of anilines is 1. The Morgan fingerprint density at radius 1 is 1.03 bits per heavy atom. The number of fused-ring (bicyclic) bond motifs is 1. The maximum Gasteiger partial charge on any atom is 0.235 e. The van der Waals surface area contributed by atoms with E-state index in [2.05, 4.69) is 5.32 Å². The first-order valence-electron chi connectivity index (χ1n) is 9.43. The number of aryl methyl sites for hydroxylation is 1. The molecule has 8 heteroatoms. The van der Waals surface area contributed by atoms with Gasteiger partial charge in [0.05, 0.1) is 43.7 Å². The molecule has 3 aromatic rings. The third-order valence-corrected chi connectivity index (χ3v) is 6.31. The van der Waals surface area contributed by atoms with Crippen LogP contribution in [-0.2, 0) is 4.79 Å². The lowest BCUT2D eigenvalue weighted by Gasteiger charge is -2.17. The minimum atomic E-state index is -0.0780. The number of rotatable bonds is 5. The largest absolute Gasteiger partial charge is 0.497 e. The number of hydrogen-bond acceptors (Lipinski definition) is 6. The van der Waals surface area contributed by atoms with Gasteiger partial charge in [-0.1, -0.05) is 6.07 Å². The lowest BCUT2D eigenvalue weighted by molar-refractivity contribution is -0.113. The summed E-state index contributed by atoms with van der Waals surface area (Å²) < 4.78 is 17.9. The summed E-state index contributed by atoms with van der Waals surface area (Å²) in [6.45, 7) is 1.96. The van der Waals surface area contributed by atoms with Crippen LogP contribution in [0.1, 0.15) is 22.1 Å². The van der Waals surface area contributed by atoms with Crippen LogP contribution in [0.15, 0.2) is 42.5 Å². The quantitative estimate of drug-likeness (QED) is 0.667. The molecule has 30 heavy (non-hydrogen) atoms. The van der Waals surface area contributed by atoms with E-state index in [4.69, 9.17) is 19.3 Å². The number of nitrogens with zero attached hydrogens (tertiary/aromatic N) is 2. The third kappa shape index (κ3) is 3.59. The van der Waals surface area contributed by atoms with Crippen molar-refractivity contribution in [3.8, 4) is 22.9 Å². The number of hydrogen-bond donors (Lipinski definition) is 1. The summed E-state index contributed by atoms with van der Waals surface area (Å²) in [5, 5.41) is 7.70. The van der Waals surface area contributed by atoms with E-state index >= 15 is 0 Å². The Hall–Kier alpha value is -3.13. The van der Waals surface area contributed by atoms with Crippen LogP contribution in [0, 0.1) is 6.92 Å². The highest BCUT2D eigenvalue weighted by Crippen LogP contribution is 2.45. The van der Waals surface area contributed by atoms with Gasteiger partial charge in [-0.15, -0.1) is 11.8 Å². The minimum Gasteiger partial charge on any atom is -0.497 e. The van der Waals surface area contributed by atoms with Crippen LogP contribution in [0.4, 0.5) is 5.82 Å². The van der Waals surface area contributed by atoms with Gasteiger partial charge in [0.1, 0.15) is 11.6 Å². The Balaban J connectivity index is 1.84. The number of amides is 1. The average Bonchev–Trinajstić information content (AvgIpc) is 2.98. The van der Waals surface area contributed by atoms with Gasteiger partial charge in [0.2, 0.25) is 5.91 Å². The van der Waals surface area contributed by atoms with Gasteiger partial charge < -0.3 is 19.5 Å². The normalized spacial score (nSPS) is 15.7. The number of thioether (sulfide) groups is 1. The molecule has 0 unspecified atom stereocenters. The summed E-state index contributed by atoms with van der Waals surface area (Å²) in [4.78, 5) is 12.5. The van der Waals surface area contributed by atoms with Crippen molar-refractivity contribution < 1.29 is 19.0 Å². The van der Waals surface area contributed by atoms with Crippen molar-refractivity contribution in [1.29, 1.82) is 0 Å². The Morgan fingerprint density at radius 2 is 1.77 bits per heavy atom. The second-order valence-electron chi connectivity index (χ2n) is 6.81. The molecule has 1 aliphatic rings. The lowest BCUT2D eigenvalue weighted by atomic mass is 10.0. The van der Waals surface area contributed by atoms with Crippen molar-refractivity contribution in [2.45, 2.75) is 12.2 Å². The number of nitrogens with one attached hydrogen (secondary N) is 1. The first-order chi connectivity index (χ1) is 14.5. The van der Waals surface area contributed by atoms with Crippen LogP contribution >= 0.6 is 11.8 Å². The van der Waals surface area contributed by atoms with E-state index in [-0.39, 0.29) is 11.2 Å². The van der Waals surface area contributed by atoms with Crippen molar-refractivity contribution >= 4 is 23.5 Å². The summed E-state index contributed by atoms with van der Waals surface area (Å²) in [5.41, 5.74) is 3.70. The first kappa shape index (κ1) is 20.2. The van der Waals surface area contributed by atoms with Gasteiger partial charge in [-0.3, -0.25) is 4.79 Å². The summed E-state index contributed by atoms with van der Waals surface area (Å²) >= 11 is 1.57. The Morgan fingerprint density at radius 3 is 2.43 bits per heavy atom. The molecule has 0 radical (unpaired) electrons. The summed E-state index contributed by atoms with van der Waals surface area (Å²) in [6.07, 6.45) is 0. The first-order valence-corrected chi connectivity index (χ1v) is 10.5. The molecular weight excluding hydrogens is 402 g/mol. The van der Waals surface area contributed by atoms with Crippen LogP contribution in [0.5, 0.6) is 17.2 Å². The number of carbonyl (C=O) groups is 1. The molecule has 2 aromatic carbocycles. The maximum absolute atomic E-state index is 12.5. The predicted octanol–water partition coefficient (Wildman–Crippen LogP) is 3.98. The van der Waals surface area contributed by atoms with Crippen LogP contribution in [0.3, 0.4) is 0 Å². The summed E-state index contributed by atoms with van der Waals surface area (Å²) in [7, 11) is 4.86. The van der Waals surface area contributed by atoms with Crippen LogP contribution in [-0.4, -0.2) is 42.8 Å². The minimum absolute atomic E-state index is 0.0566. The Kier molecular flexibility index (Phi) is 5.59. The fourth-order valence-corrected chi connectivity index (χ4v) is 4.75. The zero-order chi connectivity index (χ0) is 21.3. The molecule has 156 valence electrons. The highest BCUT2D eigenvalue weighted by atomic mass is 32.2. The second-order valence-corrected chi connectivity index (χ2v) is 7.90. The van der Waals surface area contributed by atoms with E-state index in [1.165, 1.54) is 0 Å². The predicted molar refractivity (Wildman–Crippen MR) is 117 cm³/mol. The van der Waals surface area contributed by atoms with Gasteiger partial charge >= 0.3 is 0 Å². The number of carbonyl (C=O) groups excluding carboxylic acids is 1. The third-order valence-electron chi connectivity index (χ3n) is 5.04. The van der Waals surface area contributed by atoms with E-state index in [0.29, 0.717) is 23.1 Å². The van der Waals surface area contributed by atoms with Crippen LogP contribution < -0.4 is 19.5 Å². The molecule has 2 heterocycles. The fourth-order valence-electron chi connectivity index (χ4n) is 3.57. The second kappa shape index (κ2) is 8.31. The number of benzene rings is 2. The fraction of sp³-hybridized carbons (Fsp3) is 0.273. The molecule has 1 aromatic heterocycles. The van der Waals surface area contributed by atoms with E-state index < -0.39 is 0 Å². The highest BCUT2D eigenvalue weighted by Gasteiger charge is 2.31. The van der Waals surface area contributed by atoms with E-state index in [1.807, 2.05) is 49.4 Å². The molecule has 7 nitrogen and oxygen atoms in total. The Labute approximate surface area is 179 Å². The molecule has 1 amide bonds. The van der Waals surface area contributed by atoms with Crippen molar-refractivity contribution in [1.82, 2.24) is 9.78 Å². The molecule has 0 fully saturated rings. The SMILES string of the molecule is COc1ccc(-n2nc(C)c3c2NC(=O)CS[C@@H]3c2ccc(OC)c(OC)c2)cc1. The van der Waals surface area contributed by atoms with Gasteiger partial charge in [0.25, 0.3) is 0 Å². The van der Waals surface area contributed by atoms with Gasteiger partial charge in [0.15, 0.2) is 11.5 Å². The van der Waals surface area contributed by atoms with Gasteiger partial charge in [-0.2, -0.15) is 5.10 Å². The van der Waals surface area contributed by atoms with Gasteiger partial charge in [-0.05, 0) is 48.9 Å². The molecule has 0 aliphatic carbocycles. The van der Waals surface area contributed by atoms with Crippen molar-refractivity contribution in [3.05, 3.63) is 59.3 Å².